The topological polar surface area (TPSA) is 52.9 Å². The van der Waals surface area contributed by atoms with Gasteiger partial charge in [0.15, 0.2) is 0 Å². The van der Waals surface area contributed by atoms with E-state index in [-0.39, 0.29) is 19.3 Å². The molecule has 110 valence electrons. The first-order valence-corrected chi connectivity index (χ1v) is 6.70. The first-order chi connectivity index (χ1) is 9.62. The number of methoxy groups -OCH3 is 1. The molecule has 0 fully saturated rings. The molecule has 0 radical (unpaired) electrons. The van der Waals surface area contributed by atoms with Crippen molar-refractivity contribution in [3.8, 4) is 17.6 Å². The zero-order valence-corrected chi connectivity index (χ0v) is 12.4. The maximum atomic E-state index is 9.20. The molecule has 0 aliphatic heterocycles. The Balaban J connectivity index is 2.98. The highest BCUT2D eigenvalue weighted by atomic mass is 16.5. The predicted octanol–water partition coefficient (Wildman–Crippen LogP) is 1.24. The van der Waals surface area contributed by atoms with Crippen LogP contribution in [0.15, 0.2) is 18.2 Å². The minimum atomic E-state index is 0.0694. The number of likely N-dealkylation sites (N-methyl/N-ethyl adjacent to an activating group) is 1. The van der Waals surface area contributed by atoms with Crippen LogP contribution in [0.4, 0.5) is 0 Å². The molecule has 0 saturated heterocycles. The number of rotatable bonds is 6. The Bertz CT molecular complexity index is 476. The van der Waals surface area contributed by atoms with Gasteiger partial charge in [-0.05, 0) is 37.7 Å². The molecule has 4 heteroatoms. The lowest BCUT2D eigenvalue weighted by Gasteiger charge is -2.23. The van der Waals surface area contributed by atoms with Gasteiger partial charge < -0.3 is 14.9 Å². The number of aliphatic hydroxyl groups excluding tert-OH is 2. The van der Waals surface area contributed by atoms with E-state index < -0.39 is 0 Å². The number of ether oxygens (including phenoxy) is 1. The zero-order valence-electron chi connectivity index (χ0n) is 12.4. The molecule has 0 spiro atoms. The maximum Gasteiger partial charge on any atom is 0.119 e. The van der Waals surface area contributed by atoms with Crippen LogP contribution in [0.3, 0.4) is 0 Å². The summed E-state index contributed by atoms with van der Waals surface area (Å²) >= 11 is 0. The van der Waals surface area contributed by atoms with Gasteiger partial charge in [0, 0.05) is 24.6 Å². The van der Waals surface area contributed by atoms with Crippen LogP contribution in [0, 0.1) is 11.8 Å². The van der Waals surface area contributed by atoms with Gasteiger partial charge in [-0.1, -0.05) is 11.8 Å². The predicted molar refractivity (Wildman–Crippen MR) is 79.6 cm³/mol. The average molecular weight is 277 g/mol. The van der Waals surface area contributed by atoms with Gasteiger partial charge in [-0.15, -0.1) is 0 Å². The van der Waals surface area contributed by atoms with Gasteiger partial charge in [0.1, 0.15) is 5.75 Å². The summed E-state index contributed by atoms with van der Waals surface area (Å²) in [4.78, 5) is 2.06. The fourth-order valence-corrected chi connectivity index (χ4v) is 1.73. The second kappa shape index (κ2) is 8.60. The third-order valence-corrected chi connectivity index (χ3v) is 3.21. The molecule has 0 bridgehead atoms. The number of nitrogens with zero attached hydrogens (tertiary/aromatic N) is 1. The summed E-state index contributed by atoms with van der Waals surface area (Å²) in [6.07, 6.45) is 0.467. The van der Waals surface area contributed by atoms with Crippen LogP contribution in [0.5, 0.6) is 5.75 Å². The van der Waals surface area contributed by atoms with Crippen molar-refractivity contribution in [2.45, 2.75) is 25.9 Å². The Labute approximate surface area is 121 Å². The van der Waals surface area contributed by atoms with Gasteiger partial charge in [-0.2, -0.15) is 0 Å². The monoisotopic (exact) mass is 277 g/mol. The normalized spacial score (nSPS) is 11.9. The van der Waals surface area contributed by atoms with Gasteiger partial charge in [-0.3, -0.25) is 4.90 Å². The van der Waals surface area contributed by atoms with Crippen LogP contribution < -0.4 is 4.74 Å². The largest absolute Gasteiger partial charge is 0.497 e. The second-order valence-corrected chi connectivity index (χ2v) is 4.75. The van der Waals surface area contributed by atoms with E-state index in [0.717, 1.165) is 16.9 Å². The number of aliphatic hydroxyl groups is 2. The molecule has 0 aromatic heterocycles. The van der Waals surface area contributed by atoms with Crippen LogP contribution in [-0.4, -0.2) is 48.5 Å². The Hall–Kier alpha value is -1.54. The molecule has 0 amide bonds. The highest BCUT2D eigenvalue weighted by molar-refractivity contribution is 5.45. The molecule has 1 rings (SSSR count). The van der Waals surface area contributed by atoms with Crippen LogP contribution >= 0.6 is 0 Å². The number of hydrogen-bond acceptors (Lipinski definition) is 4. The lowest BCUT2D eigenvalue weighted by molar-refractivity contribution is 0.154. The van der Waals surface area contributed by atoms with Gasteiger partial charge in [0.05, 0.1) is 20.3 Å². The minimum Gasteiger partial charge on any atom is -0.497 e. The SMILES string of the molecule is COc1ccc(C#CCCO)c(CN(C)C(C)CO)c1. The Morgan fingerprint density at radius 1 is 1.35 bits per heavy atom. The van der Waals surface area contributed by atoms with E-state index in [0.29, 0.717) is 13.0 Å². The zero-order chi connectivity index (χ0) is 15.0. The van der Waals surface area contributed by atoms with E-state index in [1.807, 2.05) is 32.2 Å². The van der Waals surface area contributed by atoms with Gasteiger partial charge >= 0.3 is 0 Å². The van der Waals surface area contributed by atoms with E-state index in [1.165, 1.54) is 0 Å². The molecular weight excluding hydrogens is 254 g/mol. The lowest BCUT2D eigenvalue weighted by Crippen LogP contribution is -2.31. The molecule has 4 nitrogen and oxygen atoms in total. The Kier molecular flexibility index (Phi) is 7.10. The van der Waals surface area contributed by atoms with E-state index in [2.05, 4.69) is 16.7 Å². The van der Waals surface area contributed by atoms with Crippen molar-refractivity contribution in [2.24, 2.45) is 0 Å². The van der Waals surface area contributed by atoms with E-state index >= 15 is 0 Å². The van der Waals surface area contributed by atoms with E-state index in [1.54, 1.807) is 7.11 Å². The van der Waals surface area contributed by atoms with Crippen molar-refractivity contribution in [1.29, 1.82) is 0 Å². The average Bonchev–Trinajstić information content (AvgIpc) is 2.47. The molecule has 20 heavy (non-hydrogen) atoms. The van der Waals surface area contributed by atoms with Crippen molar-refractivity contribution in [3.63, 3.8) is 0 Å². The minimum absolute atomic E-state index is 0.0694. The number of benzene rings is 1. The lowest BCUT2D eigenvalue weighted by atomic mass is 10.1. The van der Waals surface area contributed by atoms with Crippen LogP contribution in [-0.2, 0) is 6.54 Å². The molecular formula is C16H23NO3. The highest BCUT2D eigenvalue weighted by Gasteiger charge is 2.11. The third kappa shape index (κ3) is 4.86. The molecule has 0 saturated carbocycles. The molecule has 1 aromatic rings. The summed E-state index contributed by atoms with van der Waals surface area (Å²) in [5.41, 5.74) is 1.98. The first kappa shape index (κ1) is 16.5. The van der Waals surface area contributed by atoms with Crippen molar-refractivity contribution < 1.29 is 14.9 Å². The molecule has 0 heterocycles. The number of hydrogen-bond donors (Lipinski definition) is 2. The molecule has 2 N–H and O–H groups in total. The Morgan fingerprint density at radius 3 is 2.70 bits per heavy atom. The van der Waals surface area contributed by atoms with Crippen LogP contribution in [0.2, 0.25) is 0 Å². The fraction of sp³-hybridized carbons (Fsp3) is 0.500. The summed E-state index contributed by atoms with van der Waals surface area (Å²) in [5, 5.41) is 18.0. The maximum absolute atomic E-state index is 9.20. The fourth-order valence-electron chi connectivity index (χ4n) is 1.73. The van der Waals surface area contributed by atoms with Gasteiger partial charge in [0.25, 0.3) is 0 Å². The molecule has 1 atom stereocenters. The summed E-state index contributed by atoms with van der Waals surface area (Å²) in [5.74, 6) is 6.80. The smallest absolute Gasteiger partial charge is 0.119 e. The van der Waals surface area contributed by atoms with Crippen molar-refractivity contribution in [3.05, 3.63) is 29.3 Å². The molecule has 1 unspecified atom stereocenters. The summed E-state index contributed by atoms with van der Waals surface area (Å²) in [6.45, 7) is 2.84. The van der Waals surface area contributed by atoms with Crippen molar-refractivity contribution in [1.82, 2.24) is 4.90 Å². The standard InChI is InChI=1S/C16H23NO3/c1-13(12-19)17(2)11-15-10-16(20-3)8-7-14(15)6-4-5-9-18/h7-8,10,13,18-19H,5,9,11-12H2,1-3H3. The summed E-state index contributed by atoms with van der Waals surface area (Å²) < 4.78 is 5.25. The van der Waals surface area contributed by atoms with Gasteiger partial charge in [0.2, 0.25) is 0 Å². The highest BCUT2D eigenvalue weighted by Crippen LogP contribution is 2.19. The summed E-state index contributed by atoms with van der Waals surface area (Å²) in [7, 11) is 3.60. The van der Waals surface area contributed by atoms with Crippen molar-refractivity contribution >= 4 is 0 Å². The summed E-state index contributed by atoms with van der Waals surface area (Å²) in [6, 6.07) is 5.85. The quantitative estimate of drug-likeness (QED) is 0.768. The molecule has 0 aliphatic carbocycles. The van der Waals surface area contributed by atoms with E-state index in [9.17, 15) is 5.11 Å². The van der Waals surface area contributed by atoms with E-state index in [4.69, 9.17) is 9.84 Å². The molecule has 0 aliphatic rings. The van der Waals surface area contributed by atoms with Crippen LogP contribution in [0.25, 0.3) is 0 Å². The van der Waals surface area contributed by atoms with Gasteiger partial charge in [-0.25, -0.2) is 0 Å². The third-order valence-electron chi connectivity index (χ3n) is 3.21. The molecule has 1 aromatic carbocycles. The first-order valence-electron chi connectivity index (χ1n) is 6.70. The Morgan fingerprint density at radius 2 is 2.10 bits per heavy atom. The van der Waals surface area contributed by atoms with Crippen molar-refractivity contribution in [2.75, 3.05) is 27.4 Å². The second-order valence-electron chi connectivity index (χ2n) is 4.75. The van der Waals surface area contributed by atoms with Crippen LogP contribution in [0.1, 0.15) is 24.5 Å².